The second-order valence-corrected chi connectivity index (χ2v) is 7.48. The molecule has 3 fully saturated rings. The lowest BCUT2D eigenvalue weighted by Gasteiger charge is -2.36. The SMILES string of the molecule is O=C(C1NNC2CCC([N+](=O)[O-])CC21)N1CCOC(c2ccc(F)cc2)C1. The van der Waals surface area contributed by atoms with E-state index in [1.807, 2.05) is 0 Å². The number of morpholine rings is 1. The molecule has 2 heterocycles. The van der Waals surface area contributed by atoms with E-state index in [2.05, 4.69) is 10.9 Å². The van der Waals surface area contributed by atoms with E-state index < -0.39 is 12.1 Å². The first kappa shape index (κ1) is 18.3. The van der Waals surface area contributed by atoms with Crippen LogP contribution in [-0.2, 0) is 9.53 Å². The first-order valence-electron chi connectivity index (χ1n) is 9.33. The number of fused-ring (bicyclic) bond motifs is 1. The lowest BCUT2D eigenvalue weighted by molar-refractivity contribution is -0.528. The lowest BCUT2D eigenvalue weighted by Crippen LogP contribution is -2.52. The number of amides is 1. The number of nitro groups is 1. The van der Waals surface area contributed by atoms with Crippen LogP contribution in [0.3, 0.4) is 0 Å². The number of hydrogen-bond donors (Lipinski definition) is 2. The van der Waals surface area contributed by atoms with Crippen molar-refractivity contribution in [3.05, 3.63) is 45.8 Å². The number of benzene rings is 1. The van der Waals surface area contributed by atoms with Gasteiger partial charge < -0.3 is 9.64 Å². The predicted octanol–water partition coefficient (Wildman–Crippen LogP) is 1.02. The quantitative estimate of drug-likeness (QED) is 0.602. The van der Waals surface area contributed by atoms with Crippen molar-refractivity contribution in [2.24, 2.45) is 5.92 Å². The number of halogens is 1. The summed E-state index contributed by atoms with van der Waals surface area (Å²) in [5.74, 6) is -0.462. The molecule has 0 spiro atoms. The summed E-state index contributed by atoms with van der Waals surface area (Å²) in [7, 11) is 0. The van der Waals surface area contributed by atoms with Gasteiger partial charge in [-0.1, -0.05) is 12.1 Å². The largest absolute Gasteiger partial charge is 0.370 e. The minimum atomic E-state index is -0.583. The molecule has 5 atom stereocenters. The van der Waals surface area contributed by atoms with Gasteiger partial charge in [0.05, 0.1) is 13.2 Å². The molecule has 1 saturated carbocycles. The molecule has 1 aliphatic carbocycles. The number of ether oxygens (including phenoxy) is 1. The molecule has 2 aliphatic heterocycles. The highest BCUT2D eigenvalue weighted by molar-refractivity contribution is 5.83. The zero-order valence-electron chi connectivity index (χ0n) is 14.8. The van der Waals surface area contributed by atoms with Crippen LogP contribution >= 0.6 is 0 Å². The molecule has 0 aromatic heterocycles. The standard InChI is InChI=1S/C18H23FN4O4/c19-12-3-1-11(2-4-12)16-10-22(7-8-27-16)18(24)17-14-9-13(23(25)26)5-6-15(14)20-21-17/h1-4,13-17,20-21H,5-10H2. The highest BCUT2D eigenvalue weighted by atomic mass is 19.1. The number of nitrogens with one attached hydrogen (secondary N) is 2. The van der Waals surface area contributed by atoms with E-state index in [1.54, 1.807) is 17.0 Å². The van der Waals surface area contributed by atoms with Gasteiger partial charge in [0, 0.05) is 36.3 Å². The fraction of sp³-hybridized carbons (Fsp3) is 0.611. The van der Waals surface area contributed by atoms with Crippen LogP contribution in [0.2, 0.25) is 0 Å². The van der Waals surface area contributed by atoms with Crippen LogP contribution in [0.5, 0.6) is 0 Å². The smallest absolute Gasteiger partial charge is 0.241 e. The minimum absolute atomic E-state index is 0.0607. The number of carbonyl (C=O) groups excluding carboxylic acids is 1. The molecule has 3 aliphatic rings. The molecule has 8 nitrogen and oxygen atoms in total. The number of carbonyl (C=O) groups is 1. The average molecular weight is 378 g/mol. The Bertz CT molecular complexity index is 716. The molecule has 146 valence electrons. The number of rotatable bonds is 3. The van der Waals surface area contributed by atoms with E-state index in [0.717, 1.165) is 5.56 Å². The Morgan fingerprint density at radius 1 is 1.26 bits per heavy atom. The summed E-state index contributed by atoms with van der Waals surface area (Å²) < 4.78 is 18.9. The van der Waals surface area contributed by atoms with E-state index in [9.17, 15) is 19.3 Å². The molecule has 0 radical (unpaired) electrons. The van der Waals surface area contributed by atoms with Gasteiger partial charge in [0.2, 0.25) is 11.9 Å². The maximum Gasteiger partial charge on any atom is 0.241 e. The van der Waals surface area contributed by atoms with Crippen molar-refractivity contribution in [3.8, 4) is 0 Å². The van der Waals surface area contributed by atoms with Gasteiger partial charge in [-0.2, -0.15) is 0 Å². The average Bonchev–Trinajstić information content (AvgIpc) is 3.11. The van der Waals surface area contributed by atoms with Crippen molar-refractivity contribution in [2.75, 3.05) is 19.7 Å². The maximum absolute atomic E-state index is 13.1. The van der Waals surface area contributed by atoms with E-state index in [1.165, 1.54) is 12.1 Å². The number of nitrogens with zero attached hydrogens (tertiary/aromatic N) is 2. The second-order valence-electron chi connectivity index (χ2n) is 7.48. The van der Waals surface area contributed by atoms with Crippen LogP contribution in [0.15, 0.2) is 24.3 Å². The van der Waals surface area contributed by atoms with Gasteiger partial charge in [-0.25, -0.2) is 9.82 Å². The molecule has 1 aromatic carbocycles. The van der Waals surface area contributed by atoms with Crippen molar-refractivity contribution < 1.29 is 18.8 Å². The summed E-state index contributed by atoms with van der Waals surface area (Å²) in [4.78, 5) is 25.8. The molecule has 2 N–H and O–H groups in total. The van der Waals surface area contributed by atoms with Crippen molar-refractivity contribution in [1.82, 2.24) is 15.8 Å². The van der Waals surface area contributed by atoms with Crippen molar-refractivity contribution in [2.45, 2.75) is 43.5 Å². The summed E-state index contributed by atoms with van der Waals surface area (Å²) in [6.45, 7) is 1.27. The van der Waals surface area contributed by atoms with Crippen LogP contribution in [0.4, 0.5) is 4.39 Å². The minimum Gasteiger partial charge on any atom is -0.370 e. The molecule has 0 bridgehead atoms. The van der Waals surface area contributed by atoms with Crippen molar-refractivity contribution in [1.29, 1.82) is 0 Å². The predicted molar refractivity (Wildman–Crippen MR) is 93.6 cm³/mol. The molecule has 9 heteroatoms. The molecule has 1 aromatic rings. The summed E-state index contributed by atoms with van der Waals surface area (Å²) in [6.07, 6.45) is 1.33. The Morgan fingerprint density at radius 2 is 2.04 bits per heavy atom. The molecular formula is C18H23FN4O4. The van der Waals surface area contributed by atoms with E-state index in [0.29, 0.717) is 39.0 Å². The Hall–Kier alpha value is -2.10. The second kappa shape index (κ2) is 7.49. The van der Waals surface area contributed by atoms with Gasteiger partial charge in [0.1, 0.15) is 18.0 Å². The number of hydrazine groups is 1. The Kier molecular flexibility index (Phi) is 5.07. The van der Waals surface area contributed by atoms with Gasteiger partial charge in [-0.05, 0) is 24.1 Å². The highest BCUT2D eigenvalue weighted by Crippen LogP contribution is 2.33. The monoisotopic (exact) mass is 378 g/mol. The van der Waals surface area contributed by atoms with Gasteiger partial charge in [-0.15, -0.1) is 0 Å². The van der Waals surface area contributed by atoms with Crippen LogP contribution in [0, 0.1) is 21.8 Å². The highest BCUT2D eigenvalue weighted by Gasteiger charge is 2.48. The molecule has 5 unspecified atom stereocenters. The topological polar surface area (TPSA) is 96.7 Å². The van der Waals surface area contributed by atoms with Crippen LogP contribution in [0.1, 0.15) is 30.9 Å². The Labute approximate surface area is 156 Å². The zero-order chi connectivity index (χ0) is 19.0. The molecule has 1 amide bonds. The maximum atomic E-state index is 13.1. The normalized spacial score (nSPS) is 33.5. The summed E-state index contributed by atoms with van der Waals surface area (Å²) in [5, 5.41) is 11.2. The third kappa shape index (κ3) is 3.67. The third-order valence-electron chi connectivity index (χ3n) is 5.91. The summed E-state index contributed by atoms with van der Waals surface area (Å²) in [6, 6.07) is 5.14. The third-order valence-corrected chi connectivity index (χ3v) is 5.91. The van der Waals surface area contributed by atoms with Crippen LogP contribution in [0.25, 0.3) is 0 Å². The fourth-order valence-corrected chi connectivity index (χ4v) is 4.40. The molecule has 4 rings (SSSR count). The first-order chi connectivity index (χ1) is 13.0. The van der Waals surface area contributed by atoms with Crippen molar-refractivity contribution in [3.63, 3.8) is 0 Å². The van der Waals surface area contributed by atoms with Crippen molar-refractivity contribution >= 4 is 5.91 Å². The van der Waals surface area contributed by atoms with Gasteiger partial charge >= 0.3 is 0 Å². The first-order valence-corrected chi connectivity index (χ1v) is 9.33. The molecule has 2 saturated heterocycles. The van der Waals surface area contributed by atoms with E-state index in [4.69, 9.17) is 4.74 Å². The molecule has 27 heavy (non-hydrogen) atoms. The fourth-order valence-electron chi connectivity index (χ4n) is 4.40. The van der Waals surface area contributed by atoms with E-state index >= 15 is 0 Å². The zero-order valence-corrected chi connectivity index (χ0v) is 14.8. The Balaban J connectivity index is 1.44. The van der Waals surface area contributed by atoms with Gasteiger partial charge in [0.25, 0.3) is 0 Å². The summed E-state index contributed by atoms with van der Waals surface area (Å²) >= 11 is 0. The molecular weight excluding hydrogens is 355 g/mol. The number of hydrogen-bond acceptors (Lipinski definition) is 6. The van der Waals surface area contributed by atoms with Gasteiger partial charge in [0.15, 0.2) is 0 Å². The van der Waals surface area contributed by atoms with Crippen LogP contribution < -0.4 is 10.9 Å². The lowest BCUT2D eigenvalue weighted by atomic mass is 9.79. The van der Waals surface area contributed by atoms with Gasteiger partial charge in [-0.3, -0.25) is 20.3 Å². The van der Waals surface area contributed by atoms with E-state index in [-0.39, 0.29) is 34.7 Å². The Morgan fingerprint density at radius 3 is 2.78 bits per heavy atom. The van der Waals surface area contributed by atoms with Crippen LogP contribution in [-0.4, -0.2) is 53.6 Å². The summed E-state index contributed by atoms with van der Waals surface area (Å²) in [5.41, 5.74) is 7.04.